The number of nitrogens with one attached hydrogen (secondary N) is 1. The third kappa shape index (κ3) is 4.11. The molecule has 0 fully saturated rings. The van der Waals surface area contributed by atoms with Gasteiger partial charge in [-0.2, -0.15) is 0 Å². The van der Waals surface area contributed by atoms with Crippen LogP contribution in [0.15, 0.2) is 5.51 Å². The van der Waals surface area contributed by atoms with E-state index in [9.17, 15) is 4.79 Å². The molecule has 0 aliphatic rings. The van der Waals surface area contributed by atoms with Gasteiger partial charge in [-0.15, -0.1) is 22.6 Å². The largest absolute Gasteiger partial charge is 0.320 e. The van der Waals surface area contributed by atoms with Gasteiger partial charge < -0.3 is 5.73 Å². The van der Waals surface area contributed by atoms with Crippen molar-refractivity contribution in [3.05, 3.63) is 5.51 Å². The van der Waals surface area contributed by atoms with Gasteiger partial charge in [-0.3, -0.25) is 10.1 Å². The number of hydrogen-bond donors (Lipinski definition) is 2. The number of carbonyl (C=O) groups excluding carboxylic acids is 1. The smallest absolute Gasteiger partial charge is 0.243 e. The Hall–Kier alpha value is -0.720. The maximum absolute atomic E-state index is 11.5. The van der Waals surface area contributed by atoms with Crippen molar-refractivity contribution in [3.8, 4) is 0 Å². The van der Waals surface area contributed by atoms with Gasteiger partial charge in [0.05, 0.1) is 6.04 Å². The van der Waals surface area contributed by atoms with Crippen molar-refractivity contribution in [2.75, 3.05) is 5.32 Å². The van der Waals surface area contributed by atoms with Crippen molar-refractivity contribution in [1.82, 2.24) is 10.2 Å². The van der Waals surface area contributed by atoms with Gasteiger partial charge in [-0.1, -0.05) is 31.6 Å². The molecule has 3 N–H and O–H groups in total. The summed E-state index contributed by atoms with van der Waals surface area (Å²) in [4.78, 5) is 11.5. The molecule has 0 aliphatic heterocycles. The number of hydrogen-bond acceptors (Lipinski definition) is 5. The van der Waals surface area contributed by atoms with E-state index in [4.69, 9.17) is 5.73 Å². The highest BCUT2D eigenvalue weighted by atomic mass is 35.5. The van der Waals surface area contributed by atoms with Crippen molar-refractivity contribution in [2.24, 2.45) is 11.7 Å². The molecule has 2 unspecified atom stereocenters. The molecule has 1 heterocycles. The van der Waals surface area contributed by atoms with Crippen molar-refractivity contribution in [3.63, 3.8) is 0 Å². The molecule has 0 saturated heterocycles. The summed E-state index contributed by atoms with van der Waals surface area (Å²) in [5.74, 6) is -0.0287. The lowest BCUT2D eigenvalue weighted by molar-refractivity contribution is -0.118. The van der Waals surface area contributed by atoms with E-state index in [-0.39, 0.29) is 24.2 Å². The average molecular weight is 251 g/mol. The number of nitrogens with zero attached hydrogens (tertiary/aromatic N) is 2. The van der Waals surface area contributed by atoms with Gasteiger partial charge in [0.2, 0.25) is 11.0 Å². The Balaban J connectivity index is 0.00000196. The summed E-state index contributed by atoms with van der Waals surface area (Å²) in [6.45, 7) is 3.95. The average Bonchev–Trinajstić information content (AvgIpc) is 2.68. The number of carbonyl (C=O) groups is 1. The minimum absolute atomic E-state index is 0. The van der Waals surface area contributed by atoms with Gasteiger partial charge in [0, 0.05) is 0 Å². The van der Waals surface area contributed by atoms with Crippen molar-refractivity contribution in [1.29, 1.82) is 0 Å². The van der Waals surface area contributed by atoms with Crippen LogP contribution in [-0.2, 0) is 4.79 Å². The lowest BCUT2D eigenvalue weighted by Gasteiger charge is -2.16. The molecular weight excluding hydrogens is 236 g/mol. The predicted molar refractivity (Wildman–Crippen MR) is 63.2 cm³/mol. The van der Waals surface area contributed by atoms with Gasteiger partial charge in [0.1, 0.15) is 5.51 Å². The molecule has 1 rings (SSSR count). The number of rotatable bonds is 4. The lowest BCUT2D eigenvalue weighted by atomic mass is 10.00. The molecule has 0 saturated carbocycles. The monoisotopic (exact) mass is 250 g/mol. The molecule has 1 aromatic rings. The van der Waals surface area contributed by atoms with E-state index in [0.717, 1.165) is 6.42 Å². The van der Waals surface area contributed by atoms with Crippen LogP contribution in [0.5, 0.6) is 0 Å². The highest BCUT2D eigenvalue weighted by Gasteiger charge is 2.19. The molecule has 2 atom stereocenters. The molecule has 1 aromatic heterocycles. The van der Waals surface area contributed by atoms with Crippen molar-refractivity contribution >= 4 is 34.8 Å². The SMILES string of the molecule is CCC(C)C(N)C(=O)Nc1nncs1.Cl. The second-order valence-electron chi connectivity index (χ2n) is 3.14. The first-order chi connectivity index (χ1) is 6.65. The number of amides is 1. The quantitative estimate of drug-likeness (QED) is 0.843. The van der Waals surface area contributed by atoms with Gasteiger partial charge in [0.15, 0.2) is 0 Å². The molecule has 0 spiro atoms. The Morgan fingerprint density at radius 2 is 2.40 bits per heavy atom. The number of halogens is 1. The highest BCUT2D eigenvalue weighted by Crippen LogP contribution is 2.11. The Labute approximate surface area is 98.9 Å². The zero-order chi connectivity index (χ0) is 10.6. The highest BCUT2D eigenvalue weighted by molar-refractivity contribution is 7.13. The summed E-state index contributed by atoms with van der Waals surface area (Å²) >= 11 is 1.28. The molecule has 0 radical (unpaired) electrons. The van der Waals surface area contributed by atoms with Crippen LogP contribution in [0.2, 0.25) is 0 Å². The summed E-state index contributed by atoms with van der Waals surface area (Å²) in [5.41, 5.74) is 7.29. The molecule has 5 nitrogen and oxygen atoms in total. The first kappa shape index (κ1) is 14.3. The van der Waals surface area contributed by atoms with E-state index in [1.165, 1.54) is 11.3 Å². The molecular formula is C8H15ClN4OS. The fraction of sp³-hybridized carbons (Fsp3) is 0.625. The van der Waals surface area contributed by atoms with Gasteiger partial charge in [-0.25, -0.2) is 0 Å². The third-order valence-corrected chi connectivity index (χ3v) is 2.76. The molecule has 0 bridgehead atoms. The van der Waals surface area contributed by atoms with Crippen LogP contribution in [0.1, 0.15) is 20.3 Å². The standard InChI is InChI=1S/C8H14N4OS.ClH/c1-3-5(2)6(9)7(13)11-8-12-10-4-14-8;/h4-6H,3,9H2,1-2H3,(H,11,12,13);1H. The van der Waals surface area contributed by atoms with E-state index in [1.54, 1.807) is 5.51 Å². The Kier molecular flexibility index (Phi) is 6.38. The van der Waals surface area contributed by atoms with Crippen LogP contribution < -0.4 is 11.1 Å². The third-order valence-electron chi connectivity index (χ3n) is 2.15. The molecule has 0 aliphatic carbocycles. The van der Waals surface area contributed by atoms with Crippen LogP contribution >= 0.6 is 23.7 Å². The zero-order valence-electron chi connectivity index (χ0n) is 8.64. The molecule has 86 valence electrons. The first-order valence-electron chi connectivity index (χ1n) is 4.47. The fourth-order valence-corrected chi connectivity index (χ4v) is 1.38. The Bertz CT molecular complexity index is 293. The predicted octanol–water partition coefficient (Wildman–Crippen LogP) is 1.27. The summed E-state index contributed by atoms with van der Waals surface area (Å²) in [5, 5.41) is 10.4. The fourth-order valence-electron chi connectivity index (χ4n) is 0.929. The summed E-state index contributed by atoms with van der Waals surface area (Å²) in [7, 11) is 0. The van der Waals surface area contributed by atoms with Crippen molar-refractivity contribution in [2.45, 2.75) is 26.3 Å². The second-order valence-corrected chi connectivity index (χ2v) is 3.98. The second kappa shape index (κ2) is 6.71. The Morgan fingerprint density at radius 3 is 2.87 bits per heavy atom. The van der Waals surface area contributed by atoms with E-state index in [1.807, 2.05) is 13.8 Å². The number of aromatic nitrogens is 2. The minimum atomic E-state index is -0.483. The first-order valence-corrected chi connectivity index (χ1v) is 5.35. The van der Waals surface area contributed by atoms with Gasteiger partial charge in [0.25, 0.3) is 0 Å². The summed E-state index contributed by atoms with van der Waals surface area (Å²) < 4.78 is 0. The minimum Gasteiger partial charge on any atom is -0.320 e. The van der Waals surface area contributed by atoms with Crippen LogP contribution in [-0.4, -0.2) is 22.1 Å². The molecule has 1 amide bonds. The zero-order valence-corrected chi connectivity index (χ0v) is 10.3. The summed E-state index contributed by atoms with van der Waals surface area (Å²) in [6.07, 6.45) is 0.880. The maximum Gasteiger partial charge on any atom is 0.243 e. The molecule has 0 aromatic carbocycles. The van der Waals surface area contributed by atoms with Crippen molar-refractivity contribution < 1.29 is 4.79 Å². The van der Waals surface area contributed by atoms with E-state index in [2.05, 4.69) is 15.5 Å². The van der Waals surface area contributed by atoms with Gasteiger partial charge >= 0.3 is 0 Å². The molecule has 15 heavy (non-hydrogen) atoms. The van der Waals surface area contributed by atoms with E-state index >= 15 is 0 Å². The Morgan fingerprint density at radius 1 is 1.73 bits per heavy atom. The summed E-state index contributed by atoms with van der Waals surface area (Å²) in [6, 6.07) is -0.483. The van der Waals surface area contributed by atoms with Crippen LogP contribution in [0.4, 0.5) is 5.13 Å². The maximum atomic E-state index is 11.5. The lowest BCUT2D eigenvalue weighted by Crippen LogP contribution is -2.40. The van der Waals surface area contributed by atoms with Crippen LogP contribution in [0.25, 0.3) is 0 Å². The van der Waals surface area contributed by atoms with Crippen LogP contribution in [0, 0.1) is 5.92 Å². The molecule has 7 heteroatoms. The number of anilines is 1. The van der Waals surface area contributed by atoms with E-state index in [0.29, 0.717) is 5.13 Å². The van der Waals surface area contributed by atoms with E-state index < -0.39 is 6.04 Å². The normalized spacial score (nSPS) is 13.8. The topological polar surface area (TPSA) is 80.9 Å². The number of nitrogens with two attached hydrogens (primary N) is 1. The van der Waals surface area contributed by atoms with Gasteiger partial charge in [-0.05, 0) is 5.92 Å². The van der Waals surface area contributed by atoms with Crippen LogP contribution in [0.3, 0.4) is 0 Å².